The number of nitrogen functional groups attached to an aromatic ring is 2. The van der Waals surface area contributed by atoms with Gasteiger partial charge >= 0.3 is 0 Å². The van der Waals surface area contributed by atoms with Gasteiger partial charge in [-0.25, -0.2) is 14.7 Å². The number of amides is 2. The number of rotatable bonds is 8. The van der Waals surface area contributed by atoms with Gasteiger partial charge < -0.3 is 21.7 Å². The summed E-state index contributed by atoms with van der Waals surface area (Å²) >= 11 is 5.89. The number of nitrogens with one attached hydrogen (secondary N) is 2. The van der Waals surface area contributed by atoms with Crippen LogP contribution in [0.5, 0.6) is 0 Å². The first-order valence-corrected chi connectivity index (χ1v) is 15.8. The minimum atomic E-state index is -3.46. The predicted octanol–water partition coefficient (Wildman–Crippen LogP) is 1.56. The molecule has 13 nitrogen and oxygen atoms in total. The predicted molar refractivity (Wildman–Crippen MR) is 154 cm³/mol. The third-order valence-corrected chi connectivity index (χ3v) is 10.4. The SMILES string of the molecule is CCN(CC)S(=O)(=O)NCC1CCC(C(=O)N2CCC3(CCC(NC(=O)c4nc(Cl)c(N)nc4N)=N3)CC2)CC1. The Morgan fingerprint density at radius 2 is 1.70 bits per heavy atom. The van der Waals surface area contributed by atoms with Crippen molar-refractivity contribution < 1.29 is 18.0 Å². The van der Waals surface area contributed by atoms with Crippen LogP contribution in [0.4, 0.5) is 11.6 Å². The summed E-state index contributed by atoms with van der Waals surface area (Å²) in [5.74, 6) is 0.286. The van der Waals surface area contributed by atoms with Gasteiger partial charge in [-0.05, 0) is 50.9 Å². The zero-order valence-corrected chi connectivity index (χ0v) is 24.7. The summed E-state index contributed by atoms with van der Waals surface area (Å²) in [6.45, 7) is 6.18. The molecular formula is C25H40ClN9O4S. The number of hydrogen-bond donors (Lipinski definition) is 4. The molecule has 3 aliphatic rings. The van der Waals surface area contributed by atoms with E-state index in [2.05, 4.69) is 20.0 Å². The number of halogens is 1. The molecule has 40 heavy (non-hydrogen) atoms. The summed E-state index contributed by atoms with van der Waals surface area (Å²) < 4.78 is 29.0. The molecular weight excluding hydrogens is 558 g/mol. The second-order valence-corrected chi connectivity index (χ2v) is 13.0. The van der Waals surface area contributed by atoms with E-state index in [0.717, 1.165) is 44.9 Å². The highest BCUT2D eigenvalue weighted by Crippen LogP contribution is 2.37. The maximum Gasteiger partial charge on any atom is 0.279 e. The normalized spacial score (nSPS) is 22.9. The molecule has 0 unspecified atom stereocenters. The van der Waals surface area contributed by atoms with Crippen molar-refractivity contribution >= 4 is 51.1 Å². The first-order chi connectivity index (χ1) is 19.0. The molecule has 1 aromatic heterocycles. The molecule has 0 aromatic carbocycles. The topological polar surface area (TPSA) is 189 Å². The highest BCUT2D eigenvalue weighted by atomic mass is 35.5. The fraction of sp³-hybridized carbons (Fsp3) is 0.720. The molecule has 0 radical (unpaired) electrons. The highest BCUT2D eigenvalue weighted by Gasteiger charge is 2.41. The number of aliphatic imine (C=N–C) groups is 1. The number of hydrogen-bond acceptors (Lipinski definition) is 9. The van der Waals surface area contributed by atoms with Gasteiger partial charge in [-0.2, -0.15) is 12.7 Å². The van der Waals surface area contributed by atoms with Crippen molar-refractivity contribution in [3.8, 4) is 0 Å². The molecule has 2 aliphatic heterocycles. The molecule has 2 fully saturated rings. The molecule has 2 amide bonds. The number of amidine groups is 1. The van der Waals surface area contributed by atoms with Crippen LogP contribution in [0.25, 0.3) is 0 Å². The van der Waals surface area contributed by atoms with Crippen LogP contribution in [0.3, 0.4) is 0 Å². The van der Waals surface area contributed by atoms with Gasteiger partial charge in [-0.3, -0.25) is 14.6 Å². The van der Waals surface area contributed by atoms with Crippen molar-refractivity contribution in [3.63, 3.8) is 0 Å². The maximum absolute atomic E-state index is 13.3. The largest absolute Gasteiger partial charge is 0.382 e. The Bertz CT molecular complexity index is 1240. The minimum absolute atomic E-state index is 0.0232. The lowest BCUT2D eigenvalue weighted by Crippen LogP contribution is -2.47. The smallest absolute Gasteiger partial charge is 0.279 e. The molecule has 1 saturated heterocycles. The van der Waals surface area contributed by atoms with E-state index in [1.807, 2.05) is 18.7 Å². The van der Waals surface area contributed by atoms with Gasteiger partial charge in [0.15, 0.2) is 22.5 Å². The zero-order chi connectivity index (χ0) is 29.1. The number of anilines is 2. The summed E-state index contributed by atoms with van der Waals surface area (Å²) in [5.41, 5.74) is 11.0. The highest BCUT2D eigenvalue weighted by molar-refractivity contribution is 7.87. The fourth-order valence-corrected chi connectivity index (χ4v) is 7.33. The van der Waals surface area contributed by atoms with Crippen LogP contribution in [-0.4, -0.2) is 83.5 Å². The van der Waals surface area contributed by atoms with E-state index >= 15 is 0 Å². The minimum Gasteiger partial charge on any atom is -0.382 e. The van der Waals surface area contributed by atoms with Crippen LogP contribution in [-0.2, 0) is 15.0 Å². The average molecular weight is 598 g/mol. The number of carbonyl (C=O) groups is 2. The number of nitrogens with two attached hydrogens (primary N) is 2. The molecule has 1 aliphatic carbocycles. The summed E-state index contributed by atoms with van der Waals surface area (Å²) in [7, 11) is -3.46. The molecule has 6 N–H and O–H groups in total. The lowest BCUT2D eigenvalue weighted by Gasteiger charge is -2.39. The monoisotopic (exact) mass is 597 g/mol. The number of likely N-dealkylation sites (tertiary alicyclic amines) is 1. The Morgan fingerprint density at radius 3 is 2.33 bits per heavy atom. The van der Waals surface area contributed by atoms with E-state index in [9.17, 15) is 18.0 Å². The number of carbonyl (C=O) groups excluding carboxylic acids is 2. The van der Waals surface area contributed by atoms with Crippen LogP contribution < -0.4 is 21.5 Å². The van der Waals surface area contributed by atoms with Crippen LogP contribution in [0.15, 0.2) is 4.99 Å². The number of nitrogens with zero attached hydrogens (tertiary/aromatic N) is 5. The van der Waals surface area contributed by atoms with Crippen molar-refractivity contribution in [2.24, 2.45) is 16.8 Å². The summed E-state index contributed by atoms with van der Waals surface area (Å²) in [6, 6.07) is 0. The Labute approximate surface area is 240 Å². The van der Waals surface area contributed by atoms with Crippen molar-refractivity contribution in [2.75, 3.05) is 44.2 Å². The first kappa shape index (κ1) is 30.4. The summed E-state index contributed by atoms with van der Waals surface area (Å²) in [5, 5.41) is 2.69. The quantitative estimate of drug-likeness (QED) is 0.347. The molecule has 15 heteroatoms. The van der Waals surface area contributed by atoms with Crippen LogP contribution in [0.2, 0.25) is 5.15 Å². The van der Waals surface area contributed by atoms with Gasteiger partial charge in [0, 0.05) is 45.1 Å². The Hall–Kier alpha value is -2.55. The van der Waals surface area contributed by atoms with Crippen molar-refractivity contribution in [3.05, 3.63) is 10.8 Å². The average Bonchev–Trinajstić information content (AvgIpc) is 3.31. The van der Waals surface area contributed by atoms with Crippen LogP contribution in [0.1, 0.15) is 75.7 Å². The molecule has 1 aromatic rings. The molecule has 0 bridgehead atoms. The van der Waals surface area contributed by atoms with Crippen LogP contribution >= 0.6 is 11.6 Å². The summed E-state index contributed by atoms with van der Waals surface area (Å²) in [6.07, 6.45) is 6.07. The van der Waals surface area contributed by atoms with Crippen molar-refractivity contribution in [2.45, 2.75) is 70.8 Å². The zero-order valence-electron chi connectivity index (χ0n) is 23.2. The first-order valence-electron chi connectivity index (χ1n) is 14.0. The molecule has 3 heterocycles. The van der Waals surface area contributed by atoms with Crippen molar-refractivity contribution in [1.82, 2.24) is 29.2 Å². The summed E-state index contributed by atoms with van der Waals surface area (Å²) in [4.78, 5) is 40.5. The second-order valence-electron chi connectivity index (χ2n) is 10.9. The Balaban J connectivity index is 1.24. The van der Waals surface area contributed by atoms with E-state index in [1.165, 1.54) is 4.31 Å². The van der Waals surface area contributed by atoms with Crippen molar-refractivity contribution in [1.29, 1.82) is 0 Å². The third kappa shape index (κ3) is 6.84. The van der Waals surface area contributed by atoms with Gasteiger partial charge in [0.25, 0.3) is 16.1 Å². The Morgan fingerprint density at radius 1 is 1.05 bits per heavy atom. The van der Waals surface area contributed by atoms with Crippen LogP contribution in [0, 0.1) is 11.8 Å². The maximum atomic E-state index is 13.3. The molecule has 1 spiro atoms. The van der Waals surface area contributed by atoms with E-state index in [0.29, 0.717) is 45.0 Å². The number of aromatic nitrogens is 2. The van der Waals surface area contributed by atoms with Gasteiger partial charge in [0.1, 0.15) is 5.84 Å². The molecule has 1 saturated carbocycles. The molecule has 0 atom stereocenters. The fourth-order valence-electron chi connectivity index (χ4n) is 5.89. The van der Waals surface area contributed by atoms with E-state index in [-0.39, 0.29) is 45.8 Å². The second kappa shape index (κ2) is 12.5. The number of piperidine rings is 1. The Kier molecular flexibility index (Phi) is 9.53. The van der Waals surface area contributed by atoms with E-state index < -0.39 is 16.1 Å². The standard InChI is InChI=1S/C25H40ClN9O4S/c1-3-35(4-2)40(38,39)29-15-16-5-7-17(8-6-16)24(37)34-13-11-25(12-14-34)10-9-18(33-25)30-23(36)19-21(27)32-22(28)20(26)31-19/h16-17,29H,3-15H2,1-2H3,(H4,27,28,32)(H,30,33,36). The van der Waals surface area contributed by atoms with Gasteiger partial charge in [-0.1, -0.05) is 25.4 Å². The van der Waals surface area contributed by atoms with Gasteiger partial charge in [-0.15, -0.1) is 0 Å². The van der Waals surface area contributed by atoms with Gasteiger partial charge in [0.05, 0.1) is 5.54 Å². The molecule has 222 valence electrons. The van der Waals surface area contributed by atoms with E-state index in [4.69, 9.17) is 28.1 Å². The third-order valence-electron chi connectivity index (χ3n) is 8.38. The van der Waals surface area contributed by atoms with E-state index in [1.54, 1.807) is 0 Å². The lowest BCUT2D eigenvalue weighted by atomic mass is 9.80. The van der Waals surface area contributed by atoms with Gasteiger partial charge in [0.2, 0.25) is 5.91 Å². The lowest BCUT2D eigenvalue weighted by molar-refractivity contribution is -0.138. The molecule has 4 rings (SSSR count).